The third kappa shape index (κ3) is 3.47. The van der Waals surface area contributed by atoms with Crippen molar-refractivity contribution in [2.24, 2.45) is 0 Å². The molecule has 120 valence electrons. The van der Waals surface area contributed by atoms with Crippen molar-refractivity contribution >= 4 is 23.3 Å². The number of carbonyl (C=O) groups is 2. The molecule has 0 unspecified atom stereocenters. The van der Waals surface area contributed by atoms with Crippen LogP contribution in [0, 0.1) is 0 Å². The van der Waals surface area contributed by atoms with Gasteiger partial charge in [-0.05, 0) is 28.6 Å². The number of hydrogen-bond donors (Lipinski definition) is 1. The minimum Gasteiger partial charge on any atom is -0.345 e. The minimum atomic E-state index is -0.445. The number of nitrogens with one attached hydrogen (secondary N) is 1. The second kappa shape index (κ2) is 7.01. The summed E-state index contributed by atoms with van der Waals surface area (Å²) in [4.78, 5) is 24.4. The zero-order valence-corrected chi connectivity index (χ0v) is 13.1. The molecule has 1 aromatic heterocycles. The number of rotatable bonds is 5. The molecular formula is C16H12ClN5O2. The van der Waals surface area contributed by atoms with Gasteiger partial charge in [-0.25, -0.2) is 4.68 Å². The molecule has 0 saturated carbocycles. The Morgan fingerprint density at radius 1 is 1.12 bits per heavy atom. The predicted octanol–water partition coefficient (Wildman–Crippen LogP) is 1.93. The predicted molar refractivity (Wildman–Crippen MR) is 87.3 cm³/mol. The Hall–Kier alpha value is -3.06. The topological polar surface area (TPSA) is 89.8 Å². The number of tetrazole rings is 1. The van der Waals surface area contributed by atoms with Crippen molar-refractivity contribution in [3.63, 3.8) is 0 Å². The first kappa shape index (κ1) is 15.8. The first-order valence-electron chi connectivity index (χ1n) is 7.04. The summed E-state index contributed by atoms with van der Waals surface area (Å²) in [5.41, 5.74) is 1.36. The quantitative estimate of drug-likeness (QED) is 0.716. The first-order valence-corrected chi connectivity index (χ1v) is 7.42. The normalized spacial score (nSPS) is 10.4. The lowest BCUT2D eigenvalue weighted by Crippen LogP contribution is -2.29. The summed E-state index contributed by atoms with van der Waals surface area (Å²) in [6.45, 7) is -0.117. The largest absolute Gasteiger partial charge is 0.345 e. The SMILES string of the molecule is O=C(CNC(=O)c1cc(-n2cnnn2)ccc1Cl)c1ccccc1. The molecule has 0 fully saturated rings. The van der Waals surface area contributed by atoms with Crippen LogP contribution in [0.25, 0.3) is 5.69 Å². The van der Waals surface area contributed by atoms with Crippen LogP contribution in [0.15, 0.2) is 54.9 Å². The highest BCUT2D eigenvalue weighted by Gasteiger charge is 2.14. The van der Waals surface area contributed by atoms with Gasteiger partial charge in [0, 0.05) is 5.56 Å². The molecule has 3 rings (SSSR count). The Labute approximate surface area is 142 Å². The number of carbonyl (C=O) groups excluding carboxylic acids is 2. The Morgan fingerprint density at radius 2 is 1.92 bits per heavy atom. The van der Waals surface area contributed by atoms with E-state index < -0.39 is 5.91 Å². The van der Waals surface area contributed by atoms with E-state index in [4.69, 9.17) is 11.6 Å². The van der Waals surface area contributed by atoms with Gasteiger partial charge in [-0.1, -0.05) is 41.9 Å². The summed E-state index contributed by atoms with van der Waals surface area (Å²) < 4.78 is 1.40. The van der Waals surface area contributed by atoms with E-state index in [9.17, 15) is 9.59 Å². The van der Waals surface area contributed by atoms with Gasteiger partial charge >= 0.3 is 0 Å². The number of amides is 1. The number of nitrogens with zero attached hydrogens (tertiary/aromatic N) is 4. The number of Topliss-reactive ketones (excluding diaryl/α,β-unsaturated/α-hetero) is 1. The number of aromatic nitrogens is 4. The molecule has 24 heavy (non-hydrogen) atoms. The molecule has 0 spiro atoms. The smallest absolute Gasteiger partial charge is 0.253 e. The summed E-state index contributed by atoms with van der Waals surface area (Å²) >= 11 is 6.08. The number of halogens is 1. The lowest BCUT2D eigenvalue weighted by molar-refractivity contribution is 0.0904. The zero-order chi connectivity index (χ0) is 16.9. The van der Waals surface area contributed by atoms with Crippen molar-refractivity contribution in [3.05, 3.63) is 71.0 Å². The van der Waals surface area contributed by atoms with E-state index in [1.807, 2.05) is 6.07 Å². The van der Waals surface area contributed by atoms with Gasteiger partial charge in [0.15, 0.2) is 5.78 Å². The fraction of sp³-hybridized carbons (Fsp3) is 0.0625. The average molecular weight is 342 g/mol. The molecule has 0 atom stereocenters. The highest BCUT2D eigenvalue weighted by atomic mass is 35.5. The van der Waals surface area contributed by atoms with E-state index in [0.717, 1.165) is 0 Å². The van der Waals surface area contributed by atoms with Crippen LogP contribution < -0.4 is 5.32 Å². The van der Waals surface area contributed by atoms with Crippen LogP contribution in [-0.4, -0.2) is 38.4 Å². The maximum atomic E-state index is 12.3. The maximum absolute atomic E-state index is 12.3. The van der Waals surface area contributed by atoms with E-state index in [2.05, 4.69) is 20.8 Å². The van der Waals surface area contributed by atoms with Gasteiger partial charge in [-0.15, -0.1) is 5.10 Å². The fourth-order valence-electron chi connectivity index (χ4n) is 2.09. The van der Waals surface area contributed by atoms with E-state index in [1.165, 1.54) is 11.0 Å². The van der Waals surface area contributed by atoms with Gasteiger partial charge in [0.05, 0.1) is 22.8 Å². The van der Waals surface area contributed by atoms with Crippen molar-refractivity contribution in [1.82, 2.24) is 25.5 Å². The lowest BCUT2D eigenvalue weighted by Gasteiger charge is -2.08. The number of ketones is 1. The molecule has 3 aromatic rings. The monoisotopic (exact) mass is 341 g/mol. The van der Waals surface area contributed by atoms with Crippen molar-refractivity contribution < 1.29 is 9.59 Å². The second-order valence-electron chi connectivity index (χ2n) is 4.89. The molecule has 0 saturated heterocycles. The van der Waals surface area contributed by atoms with Gasteiger partial charge in [0.2, 0.25) is 0 Å². The Morgan fingerprint density at radius 3 is 2.62 bits per heavy atom. The van der Waals surface area contributed by atoms with E-state index in [1.54, 1.807) is 42.5 Å². The molecule has 0 bridgehead atoms. The summed E-state index contributed by atoms with van der Waals surface area (Å²) in [5, 5.41) is 13.7. The minimum absolute atomic E-state index is 0.117. The standard InChI is InChI=1S/C16H12ClN5O2/c17-14-7-6-12(22-10-19-20-21-22)8-13(14)16(24)18-9-15(23)11-4-2-1-3-5-11/h1-8,10H,9H2,(H,18,24). The van der Waals surface area contributed by atoms with Crippen LogP contribution >= 0.6 is 11.6 Å². The highest BCUT2D eigenvalue weighted by Crippen LogP contribution is 2.19. The molecule has 0 aliphatic rings. The molecule has 1 N–H and O–H groups in total. The van der Waals surface area contributed by atoms with E-state index >= 15 is 0 Å². The van der Waals surface area contributed by atoms with Crippen LogP contribution in [0.1, 0.15) is 20.7 Å². The van der Waals surface area contributed by atoms with E-state index in [0.29, 0.717) is 11.3 Å². The third-order valence-electron chi connectivity index (χ3n) is 3.31. The fourth-order valence-corrected chi connectivity index (χ4v) is 2.29. The van der Waals surface area contributed by atoms with Crippen LogP contribution in [-0.2, 0) is 0 Å². The molecule has 1 amide bonds. The summed E-state index contributed by atoms with van der Waals surface area (Å²) in [6.07, 6.45) is 1.41. The zero-order valence-electron chi connectivity index (χ0n) is 12.4. The van der Waals surface area contributed by atoms with Crippen molar-refractivity contribution in [2.75, 3.05) is 6.54 Å². The van der Waals surface area contributed by atoms with Crippen LogP contribution in [0.5, 0.6) is 0 Å². The Bertz CT molecular complexity index is 865. The molecule has 0 aliphatic heterocycles. The third-order valence-corrected chi connectivity index (χ3v) is 3.64. The maximum Gasteiger partial charge on any atom is 0.253 e. The van der Waals surface area contributed by atoms with Gasteiger partial charge < -0.3 is 5.32 Å². The lowest BCUT2D eigenvalue weighted by atomic mass is 10.1. The van der Waals surface area contributed by atoms with Gasteiger partial charge in [-0.3, -0.25) is 9.59 Å². The molecule has 1 heterocycles. The summed E-state index contributed by atoms with van der Waals surface area (Å²) in [5.74, 6) is -0.629. The number of hydrogen-bond acceptors (Lipinski definition) is 5. The molecule has 8 heteroatoms. The highest BCUT2D eigenvalue weighted by molar-refractivity contribution is 6.34. The van der Waals surface area contributed by atoms with Crippen LogP contribution in [0.4, 0.5) is 0 Å². The second-order valence-corrected chi connectivity index (χ2v) is 5.30. The summed E-state index contributed by atoms with van der Waals surface area (Å²) in [7, 11) is 0. The van der Waals surface area contributed by atoms with Gasteiger partial charge in [0.1, 0.15) is 6.33 Å². The van der Waals surface area contributed by atoms with Gasteiger partial charge in [0.25, 0.3) is 5.91 Å². The molecule has 2 aromatic carbocycles. The van der Waals surface area contributed by atoms with Gasteiger partial charge in [-0.2, -0.15) is 0 Å². The van der Waals surface area contributed by atoms with Crippen molar-refractivity contribution in [1.29, 1.82) is 0 Å². The first-order chi connectivity index (χ1) is 11.6. The van der Waals surface area contributed by atoms with E-state index in [-0.39, 0.29) is 22.9 Å². The molecular weight excluding hydrogens is 330 g/mol. The molecule has 7 nitrogen and oxygen atoms in total. The van der Waals surface area contributed by atoms with Crippen LogP contribution in [0.3, 0.4) is 0 Å². The Kier molecular flexibility index (Phi) is 4.62. The molecule has 0 radical (unpaired) electrons. The molecule has 0 aliphatic carbocycles. The van der Waals surface area contributed by atoms with Crippen LogP contribution in [0.2, 0.25) is 5.02 Å². The Balaban J connectivity index is 1.73. The van der Waals surface area contributed by atoms with Crippen molar-refractivity contribution in [2.45, 2.75) is 0 Å². The average Bonchev–Trinajstić information content (AvgIpc) is 3.15. The number of benzene rings is 2. The van der Waals surface area contributed by atoms with Crippen molar-refractivity contribution in [3.8, 4) is 5.69 Å². The summed E-state index contributed by atoms with van der Waals surface area (Å²) in [6, 6.07) is 13.6.